The Balaban J connectivity index is 1.91. The van der Waals surface area contributed by atoms with E-state index in [1.165, 1.54) is 5.56 Å². The van der Waals surface area contributed by atoms with E-state index in [-0.39, 0.29) is 18.6 Å². The lowest BCUT2D eigenvalue weighted by atomic mass is 9.78. The van der Waals surface area contributed by atoms with Gasteiger partial charge in [0.15, 0.2) is 0 Å². The van der Waals surface area contributed by atoms with Crippen molar-refractivity contribution in [3.05, 3.63) is 88.5 Å². The van der Waals surface area contributed by atoms with Crippen molar-refractivity contribution in [1.82, 2.24) is 0 Å². The Labute approximate surface area is 203 Å². The fourth-order valence-electron chi connectivity index (χ4n) is 4.35. The van der Waals surface area contributed by atoms with Crippen LogP contribution in [-0.2, 0) is 30.8 Å². The Bertz CT molecular complexity index is 1110. The highest BCUT2D eigenvalue weighted by Crippen LogP contribution is 2.38. The van der Waals surface area contributed by atoms with Crippen molar-refractivity contribution in [2.24, 2.45) is 0 Å². The van der Waals surface area contributed by atoms with Gasteiger partial charge in [-0.15, -0.1) is 0 Å². The Kier molecular flexibility index (Phi) is 8.19. The average molecular weight is 463 g/mol. The molecule has 0 aliphatic rings. The highest BCUT2D eigenvalue weighted by Gasteiger charge is 2.28. The van der Waals surface area contributed by atoms with Crippen molar-refractivity contribution in [3.8, 4) is 16.9 Å². The first-order valence-electron chi connectivity index (χ1n) is 12.1. The van der Waals surface area contributed by atoms with Gasteiger partial charge in [0.2, 0.25) is 0 Å². The second kappa shape index (κ2) is 10.7. The van der Waals surface area contributed by atoms with Crippen LogP contribution in [-0.4, -0.2) is 15.3 Å². The van der Waals surface area contributed by atoms with Gasteiger partial charge in [0.1, 0.15) is 12.4 Å². The van der Waals surface area contributed by atoms with E-state index in [2.05, 4.69) is 39.0 Å². The number of ether oxygens (including phenoxy) is 1. The standard InChI is InChI=1S/C30H38O4/c1-6-30(33,7-2)25-13-14-27(28(17-25)29(3,4)5)22-9-8-10-26(16-22)34-20-21-11-12-23(18-31)24(15-21)19-32/h8-17,31-33H,6-7,18-20H2,1-5H3. The minimum Gasteiger partial charge on any atom is -0.489 e. The molecular weight excluding hydrogens is 424 g/mol. The van der Waals surface area contributed by atoms with Gasteiger partial charge < -0.3 is 20.1 Å². The highest BCUT2D eigenvalue weighted by atomic mass is 16.5. The molecule has 3 N–H and O–H groups in total. The monoisotopic (exact) mass is 462 g/mol. The van der Waals surface area contributed by atoms with E-state index in [4.69, 9.17) is 4.74 Å². The maximum atomic E-state index is 11.1. The van der Waals surface area contributed by atoms with Crippen LogP contribution < -0.4 is 4.74 Å². The maximum Gasteiger partial charge on any atom is 0.120 e. The van der Waals surface area contributed by atoms with E-state index in [9.17, 15) is 15.3 Å². The molecule has 0 radical (unpaired) electrons. The summed E-state index contributed by atoms with van der Waals surface area (Å²) in [5.74, 6) is 0.761. The van der Waals surface area contributed by atoms with Crippen LogP contribution in [0.4, 0.5) is 0 Å². The Morgan fingerprint density at radius 1 is 0.794 bits per heavy atom. The molecule has 0 saturated heterocycles. The molecule has 0 aliphatic heterocycles. The zero-order valence-corrected chi connectivity index (χ0v) is 21.1. The molecule has 0 fully saturated rings. The van der Waals surface area contributed by atoms with E-state index in [1.807, 2.05) is 56.3 Å². The van der Waals surface area contributed by atoms with Crippen molar-refractivity contribution in [1.29, 1.82) is 0 Å². The van der Waals surface area contributed by atoms with Gasteiger partial charge in [-0.25, -0.2) is 0 Å². The van der Waals surface area contributed by atoms with Gasteiger partial charge in [-0.2, -0.15) is 0 Å². The molecule has 0 bridgehead atoms. The summed E-state index contributed by atoms with van der Waals surface area (Å²) < 4.78 is 6.08. The van der Waals surface area contributed by atoms with Gasteiger partial charge >= 0.3 is 0 Å². The van der Waals surface area contributed by atoms with Gasteiger partial charge in [0.05, 0.1) is 18.8 Å². The van der Waals surface area contributed by atoms with Crippen molar-refractivity contribution in [2.75, 3.05) is 0 Å². The molecule has 0 aromatic heterocycles. The Morgan fingerprint density at radius 3 is 2.12 bits per heavy atom. The molecule has 3 rings (SSSR count). The molecule has 3 aromatic rings. The van der Waals surface area contributed by atoms with Crippen molar-refractivity contribution >= 4 is 0 Å². The van der Waals surface area contributed by atoms with Crippen LogP contribution in [0.25, 0.3) is 11.1 Å². The summed E-state index contributed by atoms with van der Waals surface area (Å²) in [5, 5.41) is 30.0. The molecule has 4 heteroatoms. The number of rotatable bonds is 9. The van der Waals surface area contributed by atoms with Gasteiger partial charge in [0, 0.05) is 0 Å². The molecule has 0 unspecified atom stereocenters. The summed E-state index contributed by atoms with van der Waals surface area (Å²) in [7, 11) is 0. The van der Waals surface area contributed by atoms with Crippen LogP contribution in [0.1, 0.15) is 75.3 Å². The quantitative estimate of drug-likeness (QED) is 0.353. The minimum absolute atomic E-state index is 0.0953. The molecule has 0 spiro atoms. The van der Waals surface area contributed by atoms with E-state index < -0.39 is 5.60 Å². The fraction of sp³-hybridized carbons (Fsp3) is 0.400. The van der Waals surface area contributed by atoms with Crippen molar-refractivity contribution in [3.63, 3.8) is 0 Å². The van der Waals surface area contributed by atoms with E-state index in [0.29, 0.717) is 25.0 Å². The summed E-state index contributed by atoms with van der Waals surface area (Å²) in [6.07, 6.45) is 1.35. The SMILES string of the molecule is CCC(O)(CC)c1ccc(-c2cccc(OCc3ccc(CO)c(CO)c3)c2)c(C(C)(C)C)c1. The van der Waals surface area contributed by atoms with E-state index in [1.54, 1.807) is 0 Å². The van der Waals surface area contributed by atoms with Crippen LogP contribution in [0.2, 0.25) is 0 Å². The molecule has 0 heterocycles. The van der Waals surface area contributed by atoms with Crippen LogP contribution in [0.3, 0.4) is 0 Å². The summed E-state index contributed by atoms with van der Waals surface area (Å²) in [5.41, 5.74) is 5.81. The van der Waals surface area contributed by atoms with Gasteiger partial charge in [-0.1, -0.05) is 77.1 Å². The highest BCUT2D eigenvalue weighted by molar-refractivity contribution is 5.70. The molecule has 182 valence electrons. The predicted octanol–water partition coefficient (Wildman–Crippen LogP) is 6.22. The molecule has 0 aliphatic carbocycles. The fourth-order valence-corrected chi connectivity index (χ4v) is 4.35. The Hall–Kier alpha value is -2.66. The summed E-state index contributed by atoms with van der Waals surface area (Å²) >= 11 is 0. The molecular formula is C30H38O4. The summed E-state index contributed by atoms with van der Waals surface area (Å²) in [4.78, 5) is 0. The first-order chi connectivity index (χ1) is 16.1. The zero-order chi connectivity index (χ0) is 24.9. The van der Waals surface area contributed by atoms with Crippen LogP contribution in [0.5, 0.6) is 5.75 Å². The van der Waals surface area contributed by atoms with Crippen LogP contribution >= 0.6 is 0 Å². The largest absolute Gasteiger partial charge is 0.489 e. The normalized spacial score (nSPS) is 12.1. The summed E-state index contributed by atoms with van der Waals surface area (Å²) in [6.45, 7) is 10.8. The lowest BCUT2D eigenvalue weighted by Crippen LogP contribution is -2.25. The topological polar surface area (TPSA) is 69.9 Å². The van der Waals surface area contributed by atoms with Crippen LogP contribution in [0, 0.1) is 0 Å². The smallest absolute Gasteiger partial charge is 0.120 e. The third-order valence-electron chi connectivity index (χ3n) is 6.70. The second-order valence-electron chi connectivity index (χ2n) is 9.98. The van der Waals surface area contributed by atoms with Crippen LogP contribution in [0.15, 0.2) is 60.7 Å². The third-order valence-corrected chi connectivity index (χ3v) is 6.70. The average Bonchev–Trinajstić information content (AvgIpc) is 2.86. The number of aliphatic hydroxyl groups is 3. The lowest BCUT2D eigenvalue weighted by Gasteiger charge is -2.30. The second-order valence-corrected chi connectivity index (χ2v) is 9.98. The first kappa shape index (κ1) is 26.0. The molecule has 34 heavy (non-hydrogen) atoms. The number of hydrogen-bond acceptors (Lipinski definition) is 4. The number of aliphatic hydroxyl groups excluding tert-OH is 2. The molecule has 0 amide bonds. The van der Waals surface area contributed by atoms with Crippen molar-refractivity contribution in [2.45, 2.75) is 78.3 Å². The van der Waals surface area contributed by atoms with Gasteiger partial charge in [0.25, 0.3) is 0 Å². The number of benzene rings is 3. The molecule has 4 nitrogen and oxygen atoms in total. The lowest BCUT2D eigenvalue weighted by molar-refractivity contribution is 0.0283. The molecule has 3 aromatic carbocycles. The Morgan fingerprint density at radius 2 is 1.50 bits per heavy atom. The van der Waals surface area contributed by atoms with Gasteiger partial charge in [-0.05, 0) is 75.4 Å². The minimum atomic E-state index is -0.817. The summed E-state index contributed by atoms with van der Waals surface area (Å²) in [6, 6.07) is 20.0. The predicted molar refractivity (Wildman–Crippen MR) is 138 cm³/mol. The number of hydrogen-bond donors (Lipinski definition) is 3. The van der Waals surface area contributed by atoms with E-state index >= 15 is 0 Å². The molecule has 0 atom stereocenters. The zero-order valence-electron chi connectivity index (χ0n) is 21.1. The van der Waals surface area contributed by atoms with Gasteiger partial charge in [-0.3, -0.25) is 0 Å². The molecule has 0 saturated carbocycles. The maximum absolute atomic E-state index is 11.1. The first-order valence-corrected chi connectivity index (χ1v) is 12.1. The third kappa shape index (κ3) is 5.69. The van der Waals surface area contributed by atoms with E-state index in [0.717, 1.165) is 33.6 Å². The van der Waals surface area contributed by atoms with Crippen molar-refractivity contribution < 1.29 is 20.1 Å².